The van der Waals surface area contributed by atoms with E-state index in [0.29, 0.717) is 18.1 Å². The lowest BCUT2D eigenvalue weighted by Crippen LogP contribution is -2.10. The van der Waals surface area contributed by atoms with E-state index in [9.17, 15) is 4.79 Å². The predicted molar refractivity (Wildman–Crippen MR) is 51.4 cm³/mol. The minimum Gasteiger partial charge on any atom is -0.378 e. The van der Waals surface area contributed by atoms with E-state index in [4.69, 9.17) is 9.26 Å². The fourth-order valence-corrected chi connectivity index (χ4v) is 1.67. The monoisotopic (exact) mass is 210 g/mol. The van der Waals surface area contributed by atoms with Gasteiger partial charge in [-0.15, -0.1) is 0 Å². The number of aromatic nitrogens is 2. The van der Waals surface area contributed by atoms with Crippen LogP contribution in [0, 0.1) is 0 Å². The van der Waals surface area contributed by atoms with Crippen molar-refractivity contribution in [3.63, 3.8) is 0 Å². The highest BCUT2D eigenvalue weighted by atomic mass is 16.5. The van der Waals surface area contributed by atoms with Crippen LogP contribution in [0.3, 0.4) is 0 Å². The summed E-state index contributed by atoms with van der Waals surface area (Å²) in [5.74, 6) is 1.07. The van der Waals surface area contributed by atoms with Gasteiger partial charge in [0.1, 0.15) is 5.78 Å². The first-order chi connectivity index (χ1) is 7.24. The first-order valence-electron chi connectivity index (χ1n) is 5.16. The van der Waals surface area contributed by atoms with Crippen LogP contribution in [0.2, 0.25) is 0 Å². The minimum atomic E-state index is 0.0299. The Labute approximate surface area is 87.8 Å². The van der Waals surface area contributed by atoms with Gasteiger partial charge in [-0.25, -0.2) is 0 Å². The molecule has 1 fully saturated rings. The average Bonchev–Trinajstić information content (AvgIpc) is 2.77. The smallest absolute Gasteiger partial charge is 0.234 e. The molecule has 1 atom stereocenters. The number of carbonyl (C=O) groups excluding carboxylic acids is 1. The van der Waals surface area contributed by atoms with E-state index < -0.39 is 0 Å². The van der Waals surface area contributed by atoms with Crippen LogP contribution in [0.5, 0.6) is 0 Å². The number of hydrogen-bond donors (Lipinski definition) is 0. The normalized spacial score (nSPS) is 20.7. The second-order valence-corrected chi connectivity index (χ2v) is 3.82. The van der Waals surface area contributed by atoms with Crippen molar-refractivity contribution >= 4 is 5.78 Å². The molecule has 0 bridgehead atoms. The number of ketones is 1. The van der Waals surface area contributed by atoms with Crippen LogP contribution in [-0.4, -0.2) is 28.6 Å². The van der Waals surface area contributed by atoms with Crippen molar-refractivity contribution in [2.75, 3.05) is 6.61 Å². The molecule has 0 spiro atoms. The van der Waals surface area contributed by atoms with E-state index in [1.54, 1.807) is 0 Å². The van der Waals surface area contributed by atoms with E-state index in [-0.39, 0.29) is 18.3 Å². The predicted octanol–water partition coefficient (Wildman–Crippen LogP) is 0.923. The summed E-state index contributed by atoms with van der Waals surface area (Å²) in [6, 6.07) is 0. The fraction of sp³-hybridized carbons (Fsp3) is 0.700. The molecule has 0 N–H and O–H groups in total. The molecule has 0 aliphatic carbocycles. The fourth-order valence-electron chi connectivity index (χ4n) is 1.67. The summed E-state index contributed by atoms with van der Waals surface area (Å²) in [5, 5.41) is 3.81. The van der Waals surface area contributed by atoms with Gasteiger partial charge in [0.25, 0.3) is 0 Å². The van der Waals surface area contributed by atoms with Crippen LogP contribution in [0.4, 0.5) is 0 Å². The maximum absolute atomic E-state index is 10.8. The zero-order chi connectivity index (χ0) is 10.7. The average molecular weight is 210 g/mol. The quantitative estimate of drug-likeness (QED) is 0.739. The molecule has 1 aliphatic heterocycles. The molecule has 0 amide bonds. The summed E-state index contributed by atoms with van der Waals surface area (Å²) in [7, 11) is 0. The third-order valence-electron chi connectivity index (χ3n) is 2.34. The lowest BCUT2D eigenvalue weighted by Gasteiger charge is -2.03. The molecule has 0 saturated carbocycles. The number of carbonyl (C=O) groups is 1. The Bertz CT molecular complexity index is 342. The largest absolute Gasteiger partial charge is 0.378 e. The lowest BCUT2D eigenvalue weighted by molar-refractivity contribution is -0.116. The maximum Gasteiger partial charge on any atom is 0.234 e. The first kappa shape index (κ1) is 10.3. The van der Waals surface area contributed by atoms with Gasteiger partial charge in [-0.1, -0.05) is 5.16 Å². The molecule has 1 saturated heterocycles. The number of ether oxygens (including phenoxy) is 1. The topological polar surface area (TPSA) is 65.2 Å². The summed E-state index contributed by atoms with van der Waals surface area (Å²) >= 11 is 0. The number of Topliss-reactive ketones (excluding diaryl/α,β-unsaturated/α-hetero) is 1. The van der Waals surface area contributed by atoms with E-state index in [1.165, 1.54) is 6.92 Å². The molecular formula is C10H14N2O3. The molecule has 1 aromatic heterocycles. The van der Waals surface area contributed by atoms with Crippen molar-refractivity contribution in [3.8, 4) is 0 Å². The second-order valence-electron chi connectivity index (χ2n) is 3.82. The highest BCUT2D eigenvalue weighted by molar-refractivity contribution is 5.77. The van der Waals surface area contributed by atoms with Gasteiger partial charge in [-0.2, -0.15) is 4.98 Å². The van der Waals surface area contributed by atoms with E-state index >= 15 is 0 Å². The third kappa shape index (κ3) is 2.86. The molecule has 1 aromatic rings. The molecule has 82 valence electrons. The number of hydrogen-bond acceptors (Lipinski definition) is 5. The van der Waals surface area contributed by atoms with Gasteiger partial charge in [0.2, 0.25) is 5.89 Å². The molecule has 5 nitrogen and oxygen atoms in total. The van der Waals surface area contributed by atoms with Crippen LogP contribution < -0.4 is 0 Å². The summed E-state index contributed by atoms with van der Waals surface area (Å²) in [6.07, 6.45) is 3.27. The van der Waals surface area contributed by atoms with Crippen molar-refractivity contribution in [2.45, 2.75) is 38.7 Å². The molecule has 2 heterocycles. The van der Waals surface area contributed by atoms with Crippen LogP contribution in [0.1, 0.15) is 31.5 Å². The molecule has 2 rings (SSSR count). The third-order valence-corrected chi connectivity index (χ3v) is 2.34. The Kier molecular flexibility index (Phi) is 3.11. The summed E-state index contributed by atoms with van der Waals surface area (Å²) in [6.45, 7) is 2.33. The molecule has 5 heteroatoms. The molecular weight excluding hydrogens is 196 g/mol. The van der Waals surface area contributed by atoms with Gasteiger partial charge in [-0.05, 0) is 19.8 Å². The van der Waals surface area contributed by atoms with E-state index in [2.05, 4.69) is 10.1 Å². The van der Waals surface area contributed by atoms with Crippen molar-refractivity contribution in [1.29, 1.82) is 0 Å². The lowest BCUT2D eigenvalue weighted by atomic mass is 10.2. The molecule has 15 heavy (non-hydrogen) atoms. The van der Waals surface area contributed by atoms with Crippen molar-refractivity contribution in [2.24, 2.45) is 0 Å². The minimum absolute atomic E-state index is 0.0299. The highest BCUT2D eigenvalue weighted by Crippen LogP contribution is 2.15. The van der Waals surface area contributed by atoms with Gasteiger partial charge in [0.05, 0.1) is 12.5 Å². The van der Waals surface area contributed by atoms with E-state index in [1.807, 2.05) is 0 Å². The highest BCUT2D eigenvalue weighted by Gasteiger charge is 2.19. The van der Waals surface area contributed by atoms with Gasteiger partial charge < -0.3 is 9.26 Å². The Balaban J connectivity index is 1.91. The Morgan fingerprint density at radius 1 is 1.60 bits per heavy atom. The molecule has 1 aliphatic rings. The molecule has 0 aromatic carbocycles. The van der Waals surface area contributed by atoms with E-state index in [0.717, 1.165) is 19.4 Å². The van der Waals surface area contributed by atoms with Crippen LogP contribution >= 0.6 is 0 Å². The van der Waals surface area contributed by atoms with Gasteiger partial charge in [-0.3, -0.25) is 4.79 Å². The number of nitrogens with zero attached hydrogens (tertiary/aromatic N) is 2. The SMILES string of the molecule is CC(=O)Cc1nc(CC2CCCO2)no1. The van der Waals surface area contributed by atoms with Gasteiger partial charge in [0, 0.05) is 13.0 Å². The Morgan fingerprint density at radius 3 is 3.13 bits per heavy atom. The molecule has 0 radical (unpaired) electrons. The van der Waals surface area contributed by atoms with Gasteiger partial charge >= 0.3 is 0 Å². The summed E-state index contributed by atoms with van der Waals surface area (Å²) in [4.78, 5) is 14.9. The molecule has 1 unspecified atom stereocenters. The zero-order valence-corrected chi connectivity index (χ0v) is 8.73. The van der Waals surface area contributed by atoms with Crippen LogP contribution in [0.25, 0.3) is 0 Å². The summed E-state index contributed by atoms with van der Waals surface area (Å²) in [5.41, 5.74) is 0. The summed E-state index contributed by atoms with van der Waals surface area (Å²) < 4.78 is 10.4. The standard InChI is InChI=1S/C10H14N2O3/c1-7(13)5-10-11-9(12-15-10)6-8-3-2-4-14-8/h8H,2-6H2,1H3. The Morgan fingerprint density at radius 2 is 2.47 bits per heavy atom. The van der Waals surface area contributed by atoms with Crippen molar-refractivity contribution in [3.05, 3.63) is 11.7 Å². The number of rotatable bonds is 4. The second kappa shape index (κ2) is 4.53. The first-order valence-corrected chi connectivity index (χ1v) is 5.16. The van der Waals surface area contributed by atoms with Crippen LogP contribution in [-0.2, 0) is 22.4 Å². The van der Waals surface area contributed by atoms with Crippen molar-refractivity contribution < 1.29 is 14.1 Å². The van der Waals surface area contributed by atoms with Gasteiger partial charge in [0.15, 0.2) is 5.82 Å². The van der Waals surface area contributed by atoms with Crippen molar-refractivity contribution in [1.82, 2.24) is 10.1 Å². The Hall–Kier alpha value is -1.23. The van der Waals surface area contributed by atoms with Crippen LogP contribution in [0.15, 0.2) is 4.52 Å². The zero-order valence-electron chi connectivity index (χ0n) is 8.73. The maximum atomic E-state index is 10.8.